The van der Waals surface area contributed by atoms with E-state index in [2.05, 4.69) is 21.2 Å². The highest BCUT2D eigenvalue weighted by atomic mass is 79.9. The Morgan fingerprint density at radius 3 is 2.83 bits per heavy atom. The Balaban J connectivity index is 1.86. The molecule has 1 aromatic rings. The number of aliphatic hydroxyl groups is 1. The maximum atomic E-state index is 13.1. The summed E-state index contributed by atoms with van der Waals surface area (Å²) in [6.07, 6.45) is 1.29. The maximum absolute atomic E-state index is 13.1. The van der Waals surface area contributed by atoms with Crippen LogP contribution in [0.15, 0.2) is 22.7 Å². The van der Waals surface area contributed by atoms with E-state index in [-0.39, 0.29) is 5.82 Å². The van der Waals surface area contributed by atoms with Crippen LogP contribution >= 0.6 is 15.9 Å². The second-order valence-corrected chi connectivity index (χ2v) is 5.53. The van der Waals surface area contributed by atoms with Crippen LogP contribution in [-0.4, -0.2) is 30.5 Å². The Kier molecular flexibility index (Phi) is 4.72. The molecule has 0 amide bonds. The number of halogens is 2. The molecular weight excluding hydrogens is 301 g/mol. The van der Waals surface area contributed by atoms with Crippen molar-refractivity contribution in [3.05, 3.63) is 34.1 Å². The van der Waals surface area contributed by atoms with Gasteiger partial charge >= 0.3 is 0 Å². The summed E-state index contributed by atoms with van der Waals surface area (Å²) in [5.74, 6) is -0.250. The fourth-order valence-electron chi connectivity index (χ4n) is 2.04. The molecule has 0 spiro atoms. The number of rotatable bonds is 4. The molecule has 0 aromatic heterocycles. The summed E-state index contributed by atoms with van der Waals surface area (Å²) in [7, 11) is 0. The van der Waals surface area contributed by atoms with E-state index in [1.54, 1.807) is 6.07 Å². The molecule has 1 saturated heterocycles. The predicted molar refractivity (Wildman–Crippen MR) is 70.8 cm³/mol. The first-order valence-electron chi connectivity index (χ1n) is 6.04. The van der Waals surface area contributed by atoms with Crippen LogP contribution in [0.3, 0.4) is 0 Å². The molecule has 18 heavy (non-hydrogen) atoms. The van der Waals surface area contributed by atoms with Gasteiger partial charge in [0.15, 0.2) is 0 Å². The molecule has 1 aliphatic heterocycles. The van der Waals surface area contributed by atoms with Crippen molar-refractivity contribution in [3.8, 4) is 0 Å². The van der Waals surface area contributed by atoms with Crippen LogP contribution in [0, 0.1) is 5.82 Å². The SMILES string of the molecule is OC1(CNCc2cc(F)ccc2Br)CCOCC1. The minimum Gasteiger partial charge on any atom is -0.388 e. The van der Waals surface area contributed by atoms with Crippen LogP contribution in [-0.2, 0) is 11.3 Å². The number of benzene rings is 1. The summed E-state index contributed by atoms with van der Waals surface area (Å²) in [5, 5.41) is 13.4. The molecule has 0 saturated carbocycles. The van der Waals surface area contributed by atoms with Gasteiger partial charge in [-0.3, -0.25) is 0 Å². The lowest BCUT2D eigenvalue weighted by molar-refractivity contribution is -0.0617. The van der Waals surface area contributed by atoms with Gasteiger partial charge in [-0.25, -0.2) is 4.39 Å². The third kappa shape index (κ3) is 3.75. The van der Waals surface area contributed by atoms with E-state index in [1.165, 1.54) is 12.1 Å². The van der Waals surface area contributed by atoms with E-state index < -0.39 is 5.60 Å². The lowest BCUT2D eigenvalue weighted by Crippen LogP contribution is -2.44. The average molecular weight is 318 g/mol. The van der Waals surface area contributed by atoms with Gasteiger partial charge in [-0.15, -0.1) is 0 Å². The molecule has 100 valence electrons. The molecule has 0 radical (unpaired) electrons. The normalized spacial score (nSPS) is 18.8. The quantitative estimate of drug-likeness (QED) is 0.894. The number of hydrogen-bond donors (Lipinski definition) is 2. The van der Waals surface area contributed by atoms with Crippen molar-refractivity contribution in [2.75, 3.05) is 19.8 Å². The smallest absolute Gasteiger partial charge is 0.123 e. The van der Waals surface area contributed by atoms with E-state index in [4.69, 9.17) is 4.74 Å². The van der Waals surface area contributed by atoms with E-state index in [9.17, 15) is 9.50 Å². The van der Waals surface area contributed by atoms with Gasteiger partial charge in [-0.2, -0.15) is 0 Å². The second-order valence-electron chi connectivity index (χ2n) is 4.68. The molecule has 5 heteroatoms. The molecule has 2 rings (SSSR count). The van der Waals surface area contributed by atoms with Crippen LogP contribution in [0.2, 0.25) is 0 Å². The van der Waals surface area contributed by atoms with E-state index in [0.29, 0.717) is 39.1 Å². The number of hydrogen-bond acceptors (Lipinski definition) is 3. The van der Waals surface area contributed by atoms with Gasteiger partial charge in [0.05, 0.1) is 5.60 Å². The summed E-state index contributed by atoms with van der Waals surface area (Å²) in [6, 6.07) is 4.60. The van der Waals surface area contributed by atoms with Crippen molar-refractivity contribution in [1.82, 2.24) is 5.32 Å². The van der Waals surface area contributed by atoms with Crippen LogP contribution in [0.4, 0.5) is 4.39 Å². The molecule has 2 N–H and O–H groups in total. The van der Waals surface area contributed by atoms with Gasteiger partial charge in [-0.05, 0) is 23.8 Å². The molecule has 1 aliphatic rings. The van der Waals surface area contributed by atoms with Gasteiger partial charge < -0.3 is 15.2 Å². The van der Waals surface area contributed by atoms with E-state index >= 15 is 0 Å². The zero-order chi connectivity index (χ0) is 13.0. The van der Waals surface area contributed by atoms with Crippen molar-refractivity contribution < 1.29 is 14.2 Å². The Hall–Kier alpha value is -0.490. The summed E-state index contributed by atoms with van der Waals surface area (Å²) in [6.45, 7) is 2.23. The van der Waals surface area contributed by atoms with Crippen molar-refractivity contribution in [2.24, 2.45) is 0 Å². The van der Waals surface area contributed by atoms with Gasteiger partial charge in [0.2, 0.25) is 0 Å². The topological polar surface area (TPSA) is 41.5 Å². The van der Waals surface area contributed by atoms with Gasteiger partial charge in [0.1, 0.15) is 5.82 Å². The Morgan fingerprint density at radius 2 is 2.11 bits per heavy atom. The van der Waals surface area contributed by atoms with Crippen molar-refractivity contribution >= 4 is 15.9 Å². The van der Waals surface area contributed by atoms with Crippen LogP contribution in [0.25, 0.3) is 0 Å². The summed E-state index contributed by atoms with van der Waals surface area (Å²) >= 11 is 3.38. The highest BCUT2D eigenvalue weighted by molar-refractivity contribution is 9.10. The van der Waals surface area contributed by atoms with E-state index in [1.807, 2.05) is 0 Å². The molecule has 1 aromatic carbocycles. The summed E-state index contributed by atoms with van der Waals surface area (Å²) < 4.78 is 19.2. The highest BCUT2D eigenvalue weighted by Gasteiger charge is 2.29. The molecule has 0 bridgehead atoms. The molecule has 1 heterocycles. The maximum Gasteiger partial charge on any atom is 0.123 e. The van der Waals surface area contributed by atoms with Crippen LogP contribution < -0.4 is 5.32 Å². The third-order valence-electron chi connectivity index (χ3n) is 3.20. The minimum atomic E-state index is -0.696. The summed E-state index contributed by atoms with van der Waals surface area (Å²) in [4.78, 5) is 0. The molecule has 0 aliphatic carbocycles. The number of nitrogens with one attached hydrogen (secondary N) is 1. The first-order valence-corrected chi connectivity index (χ1v) is 6.83. The molecular formula is C13H17BrFNO2. The first kappa shape index (κ1) is 13.9. The Bertz CT molecular complexity index is 408. The summed E-state index contributed by atoms with van der Waals surface area (Å²) in [5.41, 5.74) is 0.156. The largest absolute Gasteiger partial charge is 0.388 e. The van der Waals surface area contributed by atoms with Crippen LogP contribution in [0.1, 0.15) is 18.4 Å². The van der Waals surface area contributed by atoms with Crippen molar-refractivity contribution in [1.29, 1.82) is 0 Å². The standard InChI is InChI=1S/C13H17BrFNO2/c14-12-2-1-11(15)7-10(12)8-16-9-13(17)3-5-18-6-4-13/h1-2,7,16-17H,3-6,8-9H2. The minimum absolute atomic E-state index is 0.250. The molecule has 3 nitrogen and oxygen atoms in total. The fraction of sp³-hybridized carbons (Fsp3) is 0.538. The fourth-order valence-corrected chi connectivity index (χ4v) is 2.42. The lowest BCUT2D eigenvalue weighted by atomic mass is 9.94. The van der Waals surface area contributed by atoms with Crippen molar-refractivity contribution in [3.63, 3.8) is 0 Å². The zero-order valence-electron chi connectivity index (χ0n) is 10.1. The Morgan fingerprint density at radius 1 is 1.39 bits per heavy atom. The monoisotopic (exact) mass is 317 g/mol. The lowest BCUT2D eigenvalue weighted by Gasteiger charge is -2.32. The molecule has 1 fully saturated rings. The Labute approximate surface area is 114 Å². The van der Waals surface area contributed by atoms with Crippen molar-refractivity contribution in [2.45, 2.75) is 25.0 Å². The van der Waals surface area contributed by atoms with Gasteiger partial charge in [-0.1, -0.05) is 15.9 Å². The zero-order valence-corrected chi connectivity index (χ0v) is 11.7. The van der Waals surface area contributed by atoms with Crippen LogP contribution in [0.5, 0.6) is 0 Å². The second kappa shape index (κ2) is 6.10. The van der Waals surface area contributed by atoms with E-state index in [0.717, 1.165) is 10.0 Å². The molecule has 0 atom stereocenters. The average Bonchev–Trinajstić information content (AvgIpc) is 2.34. The third-order valence-corrected chi connectivity index (χ3v) is 3.97. The van der Waals surface area contributed by atoms with Gasteiger partial charge in [0, 0.05) is 43.6 Å². The van der Waals surface area contributed by atoms with Gasteiger partial charge in [0.25, 0.3) is 0 Å². The molecule has 0 unspecified atom stereocenters. The number of ether oxygens (including phenoxy) is 1. The highest BCUT2D eigenvalue weighted by Crippen LogP contribution is 2.21. The first-order chi connectivity index (χ1) is 8.59. The predicted octanol–water partition coefficient (Wildman–Crippen LogP) is 2.22.